The summed E-state index contributed by atoms with van der Waals surface area (Å²) in [6.45, 7) is 7.93. The highest BCUT2D eigenvalue weighted by atomic mass is 35.5. The normalized spacial score (nSPS) is 22.9. The van der Waals surface area contributed by atoms with Crippen molar-refractivity contribution in [2.24, 2.45) is 23.5 Å². The van der Waals surface area contributed by atoms with E-state index in [0.717, 1.165) is 101 Å². The lowest BCUT2D eigenvalue weighted by Gasteiger charge is -2.35. The molecule has 0 bridgehead atoms. The standard InChI is InChI=1S/C19H24N4O5.C17H20N4O4.C14H18N2O4.C5H8N2O2.ClH/c24-16-4-3-15(18(26)22-16)21-17(25)14-2-1-13(11-20-14)23-7-5-12(6-8-23)19-27-9-10-28-19;22-10-11-5-7-21(8-6-11)12-1-2-13(18-9-12)16(24)19-14-3-4-15(23)20-17(14)25;17-13(18)12-2-1-11(9-15-12)16-5-3-10(4-6-16)14-19-7-8-20-14;6-3-1-2-4(8)7-5(3)9;/h1-2,11-12,15,19H,3-10H2,(H,21,25)(H,22,24,26);1-2,9-11,14H,3-8H2,(H,19,24)(H,20,23,25);1-2,9-10,14H,3-8H2,(H,17,18);3H,1-2,6H2,(H,7,8,9);1H/t15-;14-;;3-;/m00.0./s1. The van der Waals surface area contributed by atoms with Gasteiger partial charge in [-0.1, -0.05) is 0 Å². The van der Waals surface area contributed by atoms with Gasteiger partial charge in [-0.3, -0.25) is 54.3 Å². The number of carbonyl (C=O) groups is 10. The summed E-state index contributed by atoms with van der Waals surface area (Å²) in [5.41, 5.74) is 8.66. The zero-order valence-corrected chi connectivity index (χ0v) is 46.6. The number of pyridine rings is 3. The van der Waals surface area contributed by atoms with Gasteiger partial charge in [0.15, 0.2) is 12.6 Å². The summed E-state index contributed by atoms with van der Waals surface area (Å²) in [6, 6.07) is 8.42. The van der Waals surface area contributed by atoms with Crippen molar-refractivity contribution in [1.82, 2.24) is 41.5 Å². The third-order valence-corrected chi connectivity index (χ3v) is 15.3. The second-order valence-corrected chi connectivity index (χ2v) is 20.9. The zero-order valence-electron chi connectivity index (χ0n) is 45.8. The van der Waals surface area contributed by atoms with Gasteiger partial charge in [0, 0.05) is 76.3 Å². The van der Waals surface area contributed by atoms with Crippen LogP contribution in [0.25, 0.3) is 0 Å². The number of anilines is 3. The first kappa shape index (κ1) is 63.0. The highest BCUT2D eigenvalue weighted by Gasteiger charge is 2.34. The third kappa shape index (κ3) is 18.0. The maximum absolute atomic E-state index is 12.3. The Morgan fingerprint density at radius 2 is 0.867 bits per heavy atom. The molecule has 8 saturated heterocycles. The number of hydrogen-bond donors (Lipinski definition) is 7. The molecule has 28 heteroatoms. The summed E-state index contributed by atoms with van der Waals surface area (Å²) in [5.74, 6) is -3.02. The number of ether oxygens (including phenoxy) is 4. The van der Waals surface area contributed by atoms with Crippen LogP contribution in [0, 0.1) is 17.8 Å². The average Bonchev–Trinajstić information content (AvgIpc) is 4.38. The molecular formula is C55H71ClN12O15. The molecule has 8 N–H and O–H groups in total. The summed E-state index contributed by atoms with van der Waals surface area (Å²) in [5, 5.41) is 20.6. The Hall–Kier alpha value is -7.56. The number of aldehydes is 1. The van der Waals surface area contributed by atoms with E-state index in [1.807, 2.05) is 18.2 Å². The zero-order chi connectivity index (χ0) is 58.1. The summed E-state index contributed by atoms with van der Waals surface area (Å²) >= 11 is 0. The fraction of sp³-hybridized carbons (Fsp3) is 0.545. The monoisotopic (exact) mass is 1170 g/mol. The largest absolute Gasteiger partial charge is 0.477 e. The number of nitrogens with two attached hydrogens (primary N) is 1. The maximum Gasteiger partial charge on any atom is 0.354 e. The van der Waals surface area contributed by atoms with Gasteiger partial charge in [-0.25, -0.2) is 19.7 Å². The quantitative estimate of drug-likeness (QED) is 0.103. The van der Waals surface area contributed by atoms with E-state index < -0.39 is 47.7 Å². The van der Waals surface area contributed by atoms with Crippen LogP contribution in [0.15, 0.2) is 55.0 Å². The third-order valence-electron chi connectivity index (χ3n) is 15.3. The number of nitrogens with one attached hydrogen (secondary N) is 5. The molecule has 83 heavy (non-hydrogen) atoms. The van der Waals surface area contributed by atoms with Crippen molar-refractivity contribution < 1.29 is 72.0 Å². The van der Waals surface area contributed by atoms with Crippen LogP contribution in [-0.4, -0.2) is 176 Å². The van der Waals surface area contributed by atoms with Gasteiger partial charge < -0.3 is 59.9 Å². The topological polar surface area (TPSA) is 362 Å². The second kappa shape index (κ2) is 30.7. The molecule has 8 aliphatic rings. The number of carboxylic acid groups (broad SMARTS) is 1. The Bertz CT molecular complexity index is 2740. The van der Waals surface area contributed by atoms with Gasteiger partial charge in [-0.05, 0) is 94.2 Å². The Morgan fingerprint density at radius 1 is 0.518 bits per heavy atom. The number of carbonyl (C=O) groups excluding carboxylic acids is 9. The van der Waals surface area contributed by atoms with Crippen molar-refractivity contribution in [3.8, 4) is 0 Å². The van der Waals surface area contributed by atoms with E-state index in [2.05, 4.69) is 56.2 Å². The molecule has 8 fully saturated rings. The molecule has 0 saturated carbocycles. The van der Waals surface area contributed by atoms with E-state index in [4.69, 9.17) is 29.8 Å². The van der Waals surface area contributed by atoms with Crippen molar-refractivity contribution in [1.29, 1.82) is 0 Å². The van der Waals surface area contributed by atoms with E-state index in [0.29, 0.717) is 63.9 Å². The van der Waals surface area contributed by atoms with Crippen LogP contribution in [-0.2, 0) is 52.5 Å². The van der Waals surface area contributed by atoms with Crippen LogP contribution in [0.4, 0.5) is 17.1 Å². The van der Waals surface area contributed by atoms with Crippen molar-refractivity contribution >= 4 is 89.0 Å². The van der Waals surface area contributed by atoms with Crippen molar-refractivity contribution in [3.63, 3.8) is 0 Å². The molecular weight excluding hydrogens is 1100 g/mol. The number of carboxylic acids is 1. The van der Waals surface area contributed by atoms with Crippen molar-refractivity contribution in [2.75, 3.05) is 80.4 Å². The van der Waals surface area contributed by atoms with E-state index >= 15 is 0 Å². The molecule has 3 aromatic heterocycles. The molecule has 3 atom stereocenters. The first-order chi connectivity index (χ1) is 39.6. The number of nitrogens with zero attached hydrogens (tertiary/aromatic N) is 6. The van der Waals surface area contributed by atoms with Gasteiger partial charge in [-0.2, -0.15) is 0 Å². The first-order valence-electron chi connectivity index (χ1n) is 27.8. The summed E-state index contributed by atoms with van der Waals surface area (Å²) in [6.07, 6.45) is 13.4. The lowest BCUT2D eigenvalue weighted by molar-refractivity contribution is -0.136. The van der Waals surface area contributed by atoms with E-state index in [1.54, 1.807) is 36.8 Å². The molecule has 0 unspecified atom stereocenters. The van der Waals surface area contributed by atoms with Crippen LogP contribution < -0.4 is 47.0 Å². The Kier molecular flexibility index (Phi) is 23.3. The average molecular weight is 1180 g/mol. The maximum atomic E-state index is 12.3. The minimum Gasteiger partial charge on any atom is -0.477 e. The molecule has 11 heterocycles. The number of hydrogen-bond acceptors (Lipinski definition) is 21. The molecule has 0 spiro atoms. The van der Waals surface area contributed by atoms with Crippen LogP contribution in [0.3, 0.4) is 0 Å². The van der Waals surface area contributed by atoms with Crippen LogP contribution >= 0.6 is 12.4 Å². The first-order valence-corrected chi connectivity index (χ1v) is 27.8. The van der Waals surface area contributed by atoms with Crippen LogP contribution in [0.5, 0.6) is 0 Å². The van der Waals surface area contributed by atoms with Crippen molar-refractivity contribution in [3.05, 3.63) is 72.1 Å². The summed E-state index contributed by atoms with van der Waals surface area (Å²) < 4.78 is 22.3. The van der Waals surface area contributed by atoms with E-state index in [-0.39, 0.29) is 84.5 Å². The number of imide groups is 3. The molecule has 8 aliphatic heterocycles. The SMILES string of the molecule is Cl.N[C@H]1CCC(=O)NC1=O.O=C(O)c1ccc(N2CCC(C3OCCO3)CC2)cn1.O=C1CC[C@H](NC(=O)c2ccc(N3CCC(C4OCCO4)CC3)cn2)C(=O)N1.O=CC1CCN(c2ccc(C(=O)N[C@H]3CCC(=O)NC3=O)nc2)CC1. The number of piperidine rings is 6. The molecule has 0 aromatic carbocycles. The van der Waals surface area contributed by atoms with Gasteiger partial charge in [0.25, 0.3) is 11.8 Å². The van der Waals surface area contributed by atoms with Crippen LogP contribution in [0.2, 0.25) is 0 Å². The van der Waals surface area contributed by atoms with E-state index in [9.17, 15) is 47.9 Å². The lowest BCUT2D eigenvalue weighted by Crippen LogP contribution is -2.52. The molecule has 0 radical (unpaired) electrons. The minimum atomic E-state index is -0.995. The summed E-state index contributed by atoms with van der Waals surface area (Å²) in [7, 11) is 0. The Balaban J connectivity index is 0.000000167. The number of halogens is 1. The molecule has 27 nitrogen and oxygen atoms in total. The fourth-order valence-electron chi connectivity index (χ4n) is 10.4. The predicted molar refractivity (Wildman–Crippen MR) is 297 cm³/mol. The highest BCUT2D eigenvalue weighted by Crippen LogP contribution is 2.30. The minimum absolute atomic E-state index is 0. The molecule has 11 rings (SSSR count). The molecule has 8 amide bonds. The second-order valence-electron chi connectivity index (χ2n) is 20.9. The predicted octanol–water partition coefficient (Wildman–Crippen LogP) is 0.779. The van der Waals surface area contributed by atoms with Gasteiger partial charge in [0.2, 0.25) is 35.4 Å². The highest BCUT2D eigenvalue weighted by molar-refractivity contribution is 6.04. The van der Waals surface area contributed by atoms with Crippen molar-refractivity contribution in [2.45, 2.75) is 108 Å². The van der Waals surface area contributed by atoms with Gasteiger partial charge in [0.1, 0.15) is 35.5 Å². The molecule has 448 valence electrons. The molecule has 3 aromatic rings. The smallest absolute Gasteiger partial charge is 0.354 e. The number of aromatic carboxylic acids is 1. The molecule has 0 aliphatic carbocycles. The number of rotatable bonds is 11. The lowest BCUT2D eigenvalue weighted by atomic mass is 9.96. The number of amides is 8. The fourth-order valence-corrected chi connectivity index (χ4v) is 10.4. The van der Waals surface area contributed by atoms with Crippen LogP contribution in [0.1, 0.15) is 109 Å². The van der Waals surface area contributed by atoms with Gasteiger partial charge in [0.05, 0.1) is 68.1 Å². The Morgan fingerprint density at radius 3 is 1.18 bits per heavy atom. The van der Waals surface area contributed by atoms with Gasteiger partial charge in [-0.15, -0.1) is 12.4 Å². The van der Waals surface area contributed by atoms with E-state index in [1.165, 1.54) is 0 Å². The Labute approximate surface area is 484 Å². The summed E-state index contributed by atoms with van der Waals surface area (Å²) in [4.78, 5) is 132. The number of aromatic nitrogens is 3. The van der Waals surface area contributed by atoms with Gasteiger partial charge >= 0.3 is 5.97 Å².